The van der Waals surface area contributed by atoms with Crippen LogP contribution in [-0.2, 0) is 17.3 Å². The monoisotopic (exact) mass is 876 g/mol. The van der Waals surface area contributed by atoms with Crippen molar-refractivity contribution in [1.29, 1.82) is 0 Å². The highest BCUT2D eigenvalue weighted by Crippen LogP contribution is 2.57. The molecule has 66 heavy (non-hydrogen) atoms. The van der Waals surface area contributed by atoms with Crippen LogP contribution in [0, 0.1) is 0 Å². The van der Waals surface area contributed by atoms with Gasteiger partial charge >= 0.3 is 0 Å². The topological polar surface area (TPSA) is 0 Å². The minimum Gasteiger partial charge on any atom is -0.226 e. The first-order valence-electron chi connectivity index (χ1n) is 24.5. The summed E-state index contributed by atoms with van der Waals surface area (Å²) in [6.07, 6.45) is 15.9. The van der Waals surface area contributed by atoms with Crippen molar-refractivity contribution >= 4 is 42.9 Å². The number of benzene rings is 7. The second kappa shape index (κ2) is 16.7. The SMILES string of the molecule is C=C/C=C(\C=C/Cc1cccc2c1sc1ccccc12)[N+](CCC)(c1cccc(C2CCCC(c3ccc4c(c3)-c3ccccc3C4(C)C)C2)c1)c1cccc2c1C(C)(C)c1ccccc1-2. The second-order valence-electron chi connectivity index (χ2n) is 20.4. The minimum absolute atomic E-state index is 0.0292. The van der Waals surface area contributed by atoms with Gasteiger partial charge in [0.05, 0.1) is 6.54 Å². The van der Waals surface area contributed by atoms with Crippen molar-refractivity contribution in [3.8, 4) is 22.3 Å². The van der Waals surface area contributed by atoms with Crippen LogP contribution in [0.25, 0.3) is 42.4 Å². The maximum atomic E-state index is 4.38. The van der Waals surface area contributed by atoms with Gasteiger partial charge < -0.3 is 0 Å². The normalized spacial score (nSPS) is 19.1. The minimum atomic E-state index is -0.181. The Kier molecular flexibility index (Phi) is 10.8. The molecule has 0 amide bonds. The van der Waals surface area contributed by atoms with Gasteiger partial charge in [0.2, 0.25) is 0 Å². The van der Waals surface area contributed by atoms with Crippen LogP contribution in [0.1, 0.15) is 118 Å². The van der Waals surface area contributed by atoms with Crippen LogP contribution in [0.3, 0.4) is 0 Å². The molecule has 1 heterocycles. The molecule has 7 aromatic carbocycles. The van der Waals surface area contributed by atoms with Gasteiger partial charge in [-0.15, -0.1) is 11.3 Å². The van der Waals surface area contributed by atoms with Gasteiger partial charge in [0.1, 0.15) is 17.1 Å². The number of fused-ring (bicyclic) bond motifs is 9. The molecule has 8 aromatic rings. The predicted octanol–water partition coefficient (Wildman–Crippen LogP) is 18.0. The zero-order valence-electron chi connectivity index (χ0n) is 39.4. The maximum absolute atomic E-state index is 4.38. The molecular weight excluding hydrogens is 815 g/mol. The van der Waals surface area contributed by atoms with E-state index in [1.807, 2.05) is 17.4 Å². The van der Waals surface area contributed by atoms with Crippen LogP contribution in [0.15, 0.2) is 188 Å². The highest BCUT2D eigenvalue weighted by atomic mass is 32.1. The number of nitrogens with zero attached hydrogens (tertiary/aromatic N) is 1. The van der Waals surface area contributed by atoms with Crippen LogP contribution in [0.4, 0.5) is 11.4 Å². The number of rotatable bonds is 11. The van der Waals surface area contributed by atoms with E-state index in [0.29, 0.717) is 16.3 Å². The average Bonchev–Trinajstić information content (AvgIpc) is 3.93. The molecular formula is C64H62NS+. The fourth-order valence-corrected chi connectivity index (χ4v) is 14.0. The summed E-state index contributed by atoms with van der Waals surface area (Å²) < 4.78 is 3.36. The van der Waals surface area contributed by atoms with Gasteiger partial charge in [0.15, 0.2) is 0 Å². The molecule has 0 saturated heterocycles. The third-order valence-electron chi connectivity index (χ3n) is 15.9. The van der Waals surface area contributed by atoms with Gasteiger partial charge in [-0.05, 0) is 124 Å². The Morgan fingerprint density at radius 3 is 2.09 bits per heavy atom. The van der Waals surface area contributed by atoms with Crippen molar-refractivity contribution in [2.75, 3.05) is 6.54 Å². The van der Waals surface area contributed by atoms with Gasteiger partial charge in [-0.3, -0.25) is 0 Å². The number of hydrogen-bond acceptors (Lipinski definition) is 1. The molecule has 328 valence electrons. The molecule has 0 radical (unpaired) electrons. The van der Waals surface area contributed by atoms with Crippen LogP contribution < -0.4 is 4.48 Å². The van der Waals surface area contributed by atoms with E-state index in [2.05, 4.69) is 211 Å². The number of quaternary nitrogens is 1. The van der Waals surface area contributed by atoms with Gasteiger partial charge in [-0.2, -0.15) is 0 Å². The summed E-state index contributed by atoms with van der Waals surface area (Å²) in [6, 6.07) is 58.3. The van der Waals surface area contributed by atoms with E-state index in [1.54, 1.807) is 0 Å². The summed E-state index contributed by atoms with van der Waals surface area (Å²) in [6.45, 7) is 17.3. The Hall–Kier alpha value is -6.06. The summed E-state index contributed by atoms with van der Waals surface area (Å²) in [5.41, 5.74) is 19.5. The largest absolute Gasteiger partial charge is 0.226 e. The third kappa shape index (κ3) is 6.74. The lowest BCUT2D eigenvalue weighted by Gasteiger charge is -2.41. The van der Waals surface area contributed by atoms with Crippen molar-refractivity contribution < 1.29 is 0 Å². The first-order valence-corrected chi connectivity index (χ1v) is 25.3. The summed E-state index contributed by atoms with van der Waals surface area (Å²) in [5.74, 6) is 1.01. The lowest BCUT2D eigenvalue weighted by atomic mass is 9.74. The first kappa shape index (κ1) is 42.6. The summed E-state index contributed by atoms with van der Waals surface area (Å²) in [5, 5.41) is 2.70. The lowest BCUT2D eigenvalue weighted by molar-refractivity contribution is 0.393. The lowest BCUT2D eigenvalue weighted by Crippen LogP contribution is -2.45. The maximum Gasteiger partial charge on any atom is 0.147 e. The van der Waals surface area contributed by atoms with Crippen LogP contribution in [0.5, 0.6) is 0 Å². The second-order valence-corrected chi connectivity index (χ2v) is 21.4. The summed E-state index contributed by atoms with van der Waals surface area (Å²) >= 11 is 1.92. The standard InChI is InChI=1S/C64H62NS/c1-7-20-48(26-16-21-43-22-18-32-54-52-30-11-14-36-60(52)66-62(43)54)65(39-8-2,59-35-19-31-53-50-28-9-13-34-57(50)64(5,6)61(53)59)49-27-17-25-46(41-49)44-23-15-24-45(40-44)47-37-38-58-55(42-47)51-29-10-12-33-56(51)63(58,3)4/h7,9-14,16-20,22,25-38,41-42,44-45H,1,8,15,21,23-24,39-40H2,2-6H3/q+1/b26-16-,48-20+. The number of thiophene rings is 1. The Morgan fingerprint density at radius 2 is 1.30 bits per heavy atom. The van der Waals surface area contributed by atoms with Crippen molar-refractivity contribution in [3.05, 3.63) is 227 Å². The fraction of sp³-hybridized carbons (Fsp3) is 0.250. The molecule has 2 heteroatoms. The van der Waals surface area contributed by atoms with Crippen molar-refractivity contribution in [2.24, 2.45) is 0 Å². The molecule has 1 saturated carbocycles. The molecule has 3 aliphatic rings. The van der Waals surface area contributed by atoms with Crippen molar-refractivity contribution in [2.45, 2.75) is 95.8 Å². The average molecular weight is 877 g/mol. The molecule has 0 aliphatic heterocycles. The van der Waals surface area contributed by atoms with E-state index in [4.69, 9.17) is 0 Å². The Balaban J connectivity index is 1.02. The molecule has 1 nitrogen and oxygen atoms in total. The van der Waals surface area contributed by atoms with E-state index in [1.165, 1.54) is 124 Å². The van der Waals surface area contributed by atoms with Gasteiger partial charge in [-0.25, -0.2) is 4.48 Å². The number of hydrogen-bond donors (Lipinski definition) is 0. The summed E-state index contributed by atoms with van der Waals surface area (Å²) in [4.78, 5) is 0. The Morgan fingerprint density at radius 1 is 0.652 bits per heavy atom. The van der Waals surface area contributed by atoms with E-state index in [0.717, 1.165) is 19.4 Å². The zero-order valence-corrected chi connectivity index (χ0v) is 40.2. The van der Waals surface area contributed by atoms with Crippen molar-refractivity contribution in [3.63, 3.8) is 0 Å². The molecule has 3 atom stereocenters. The Bertz CT molecular complexity index is 3240. The van der Waals surface area contributed by atoms with Crippen molar-refractivity contribution in [1.82, 2.24) is 4.48 Å². The molecule has 1 fully saturated rings. The molecule has 3 unspecified atom stereocenters. The fourth-order valence-electron chi connectivity index (χ4n) is 12.8. The van der Waals surface area contributed by atoms with Gasteiger partial charge in [0.25, 0.3) is 0 Å². The van der Waals surface area contributed by atoms with E-state index >= 15 is 0 Å². The van der Waals surface area contributed by atoms with E-state index in [9.17, 15) is 0 Å². The summed E-state index contributed by atoms with van der Waals surface area (Å²) in [7, 11) is 0. The molecule has 0 spiro atoms. The molecule has 0 bridgehead atoms. The van der Waals surface area contributed by atoms with Gasteiger partial charge in [0, 0.05) is 48.7 Å². The smallest absolute Gasteiger partial charge is 0.147 e. The van der Waals surface area contributed by atoms with E-state index < -0.39 is 0 Å². The quantitative estimate of drug-likeness (QED) is 0.0897. The molecule has 0 N–H and O–H groups in total. The van der Waals surface area contributed by atoms with Crippen LogP contribution >= 0.6 is 11.3 Å². The Labute approximate surface area is 397 Å². The molecule has 3 aliphatic carbocycles. The van der Waals surface area contributed by atoms with Crippen LogP contribution in [0.2, 0.25) is 0 Å². The third-order valence-corrected chi connectivity index (χ3v) is 17.2. The predicted molar refractivity (Wildman–Crippen MR) is 285 cm³/mol. The molecule has 1 aromatic heterocycles. The first-order chi connectivity index (χ1) is 32.1. The van der Waals surface area contributed by atoms with Gasteiger partial charge in [-0.1, -0.05) is 187 Å². The van der Waals surface area contributed by atoms with Crippen LogP contribution in [-0.4, -0.2) is 6.54 Å². The highest BCUT2D eigenvalue weighted by molar-refractivity contribution is 7.26. The number of allylic oxidation sites excluding steroid dienone is 4. The highest BCUT2D eigenvalue weighted by Gasteiger charge is 2.46. The molecule has 11 rings (SSSR count). The zero-order chi connectivity index (χ0) is 45.2. The van der Waals surface area contributed by atoms with E-state index in [-0.39, 0.29) is 10.8 Å².